The van der Waals surface area contributed by atoms with Gasteiger partial charge < -0.3 is 10.6 Å². The molecule has 34 heavy (non-hydrogen) atoms. The van der Waals surface area contributed by atoms with E-state index in [2.05, 4.69) is 21.5 Å². The van der Waals surface area contributed by atoms with Crippen molar-refractivity contribution in [2.45, 2.75) is 26.8 Å². The fraction of sp³-hybridized carbons (Fsp3) is 0.231. The molecule has 0 bridgehead atoms. The number of likely N-dealkylation sites (N-methyl/N-ethyl adjacent to an activating group) is 1. The monoisotopic (exact) mass is 465 g/mol. The molecule has 178 valence electrons. The van der Waals surface area contributed by atoms with Crippen molar-refractivity contribution in [2.75, 3.05) is 13.1 Å². The second kappa shape index (κ2) is 12.9. The molecular weight excluding hydrogens is 436 g/mol. The Kier molecular flexibility index (Phi) is 10.0. The Labute approximate surface area is 198 Å². The third kappa shape index (κ3) is 7.03. The molecule has 1 amide bonds. The van der Waals surface area contributed by atoms with Crippen molar-refractivity contribution in [3.8, 4) is 11.4 Å². The summed E-state index contributed by atoms with van der Waals surface area (Å²) in [5.74, 6) is -0.986. The Balaban J connectivity index is 2.22. The summed E-state index contributed by atoms with van der Waals surface area (Å²) in [6.07, 6.45) is 10.0. The van der Waals surface area contributed by atoms with Crippen LogP contribution in [0.1, 0.15) is 31.1 Å². The van der Waals surface area contributed by atoms with E-state index >= 15 is 0 Å². The standard InChI is InChI=1S/C26H29F2N5O/c1-5-21(27)9-8-18(3)20(15-29)17-30-16-19(4)33(6-2)26(34)24-14-22(28)10-11-23(24)25-31-12-7-13-32-25/h5,7-15,17,19H,1,6,16,29H2,2-4H3/b18-8+,20-15+,21-9+,30-17?/t19-/m0/s1. The number of carbonyl (C=O) groups excluding carboxylic acids is 1. The van der Waals surface area contributed by atoms with Crippen LogP contribution in [0.25, 0.3) is 11.4 Å². The minimum Gasteiger partial charge on any atom is -0.404 e. The molecule has 0 unspecified atom stereocenters. The van der Waals surface area contributed by atoms with E-state index < -0.39 is 11.6 Å². The van der Waals surface area contributed by atoms with Crippen LogP contribution in [0, 0.1) is 5.82 Å². The number of aromatic nitrogens is 2. The molecule has 1 aromatic carbocycles. The van der Waals surface area contributed by atoms with Gasteiger partial charge in [0.15, 0.2) is 5.82 Å². The highest BCUT2D eigenvalue weighted by Gasteiger charge is 2.24. The van der Waals surface area contributed by atoms with E-state index in [1.54, 1.807) is 42.6 Å². The fourth-order valence-corrected chi connectivity index (χ4v) is 3.18. The minimum absolute atomic E-state index is 0.182. The SMILES string of the molecule is C=C\C(F)=C/C=C(C)/C(C=NC[C@H](C)N(CC)C(=O)c1cc(F)ccc1-c1ncccn1)=C/N. The van der Waals surface area contributed by atoms with Gasteiger partial charge in [-0.1, -0.05) is 12.7 Å². The predicted octanol–water partition coefficient (Wildman–Crippen LogP) is 5.03. The number of carbonyl (C=O) groups is 1. The first-order valence-electron chi connectivity index (χ1n) is 10.8. The van der Waals surface area contributed by atoms with Crippen molar-refractivity contribution in [3.05, 3.63) is 96.0 Å². The van der Waals surface area contributed by atoms with Crippen LogP contribution in [0.4, 0.5) is 8.78 Å². The fourth-order valence-electron chi connectivity index (χ4n) is 3.18. The average molecular weight is 466 g/mol. The first kappa shape index (κ1) is 26.3. The van der Waals surface area contributed by atoms with Crippen molar-refractivity contribution in [2.24, 2.45) is 10.7 Å². The lowest BCUT2D eigenvalue weighted by molar-refractivity contribution is 0.0710. The zero-order chi connectivity index (χ0) is 25.1. The summed E-state index contributed by atoms with van der Waals surface area (Å²) in [6, 6.07) is 5.36. The van der Waals surface area contributed by atoms with Gasteiger partial charge in [-0.15, -0.1) is 0 Å². The van der Waals surface area contributed by atoms with E-state index in [0.717, 1.165) is 6.08 Å². The highest BCUT2D eigenvalue weighted by Crippen LogP contribution is 2.23. The largest absolute Gasteiger partial charge is 0.404 e. The number of amides is 1. The summed E-state index contributed by atoms with van der Waals surface area (Å²) in [7, 11) is 0. The van der Waals surface area contributed by atoms with Crippen LogP contribution in [0.5, 0.6) is 0 Å². The molecular formula is C26H29F2N5O. The Hall–Kier alpha value is -3.94. The molecule has 0 saturated carbocycles. The Bertz CT molecular complexity index is 1120. The van der Waals surface area contributed by atoms with Gasteiger partial charge in [-0.25, -0.2) is 18.7 Å². The molecule has 0 fully saturated rings. The zero-order valence-corrected chi connectivity index (χ0v) is 19.6. The molecule has 2 rings (SSSR count). The van der Waals surface area contributed by atoms with E-state index in [-0.39, 0.29) is 24.1 Å². The van der Waals surface area contributed by atoms with Gasteiger partial charge in [0, 0.05) is 48.5 Å². The number of aliphatic imine (C=N–C) groups is 1. The zero-order valence-electron chi connectivity index (χ0n) is 19.6. The van der Waals surface area contributed by atoms with Crippen LogP contribution < -0.4 is 5.73 Å². The van der Waals surface area contributed by atoms with Gasteiger partial charge in [0.2, 0.25) is 0 Å². The second-order valence-electron chi connectivity index (χ2n) is 7.42. The van der Waals surface area contributed by atoms with E-state index in [4.69, 9.17) is 5.73 Å². The van der Waals surface area contributed by atoms with E-state index in [1.807, 2.05) is 13.8 Å². The molecule has 6 nitrogen and oxygen atoms in total. The summed E-state index contributed by atoms with van der Waals surface area (Å²) >= 11 is 0. The normalized spacial score (nSPS) is 13.7. The Morgan fingerprint density at radius 3 is 2.62 bits per heavy atom. The Morgan fingerprint density at radius 1 is 1.29 bits per heavy atom. The van der Waals surface area contributed by atoms with Crippen LogP contribution >= 0.6 is 0 Å². The molecule has 0 saturated heterocycles. The number of hydrogen-bond donors (Lipinski definition) is 1. The van der Waals surface area contributed by atoms with Crippen LogP contribution in [0.3, 0.4) is 0 Å². The van der Waals surface area contributed by atoms with Crippen molar-refractivity contribution in [1.29, 1.82) is 0 Å². The smallest absolute Gasteiger partial charge is 0.255 e. The lowest BCUT2D eigenvalue weighted by Crippen LogP contribution is -2.40. The van der Waals surface area contributed by atoms with E-state index in [9.17, 15) is 13.6 Å². The number of nitrogens with zero attached hydrogens (tertiary/aromatic N) is 4. The first-order chi connectivity index (χ1) is 16.3. The van der Waals surface area contributed by atoms with Gasteiger partial charge in [-0.2, -0.15) is 0 Å². The second-order valence-corrected chi connectivity index (χ2v) is 7.42. The predicted molar refractivity (Wildman–Crippen MR) is 132 cm³/mol. The van der Waals surface area contributed by atoms with Gasteiger partial charge in [0.05, 0.1) is 12.1 Å². The van der Waals surface area contributed by atoms with Crippen LogP contribution in [-0.4, -0.2) is 46.1 Å². The molecule has 8 heteroatoms. The van der Waals surface area contributed by atoms with Crippen LogP contribution in [-0.2, 0) is 0 Å². The average Bonchev–Trinajstić information content (AvgIpc) is 2.85. The summed E-state index contributed by atoms with van der Waals surface area (Å²) in [4.78, 5) is 27.8. The quantitative estimate of drug-likeness (QED) is 0.394. The molecule has 1 aromatic heterocycles. The summed E-state index contributed by atoms with van der Waals surface area (Å²) < 4.78 is 27.3. The van der Waals surface area contributed by atoms with Gasteiger partial charge >= 0.3 is 0 Å². The summed E-state index contributed by atoms with van der Waals surface area (Å²) in [6.45, 7) is 9.52. The minimum atomic E-state index is -0.522. The van der Waals surface area contributed by atoms with E-state index in [1.165, 1.54) is 30.5 Å². The van der Waals surface area contributed by atoms with Crippen molar-refractivity contribution < 1.29 is 13.6 Å². The third-order valence-corrected chi connectivity index (χ3v) is 5.07. The highest BCUT2D eigenvalue weighted by atomic mass is 19.1. The van der Waals surface area contributed by atoms with Crippen molar-refractivity contribution >= 4 is 12.1 Å². The molecule has 1 atom stereocenters. The first-order valence-corrected chi connectivity index (χ1v) is 10.8. The van der Waals surface area contributed by atoms with Crippen molar-refractivity contribution in [1.82, 2.24) is 14.9 Å². The number of halogens is 2. The Morgan fingerprint density at radius 2 is 2.00 bits per heavy atom. The van der Waals surface area contributed by atoms with Gasteiger partial charge in [-0.3, -0.25) is 9.79 Å². The number of rotatable bonds is 10. The lowest BCUT2D eigenvalue weighted by atomic mass is 10.0. The van der Waals surface area contributed by atoms with Crippen LogP contribution in [0.2, 0.25) is 0 Å². The van der Waals surface area contributed by atoms with Gasteiger partial charge in [0.1, 0.15) is 11.6 Å². The number of nitrogens with two attached hydrogens (primary N) is 1. The molecule has 1 heterocycles. The topological polar surface area (TPSA) is 84.5 Å². The molecule has 0 spiro atoms. The molecule has 2 N–H and O–H groups in total. The maximum absolute atomic E-state index is 14.0. The van der Waals surface area contributed by atoms with Crippen LogP contribution in [0.15, 0.2) is 89.6 Å². The summed E-state index contributed by atoms with van der Waals surface area (Å²) in [5.41, 5.74) is 7.65. The maximum Gasteiger partial charge on any atom is 0.255 e. The molecule has 0 aliphatic carbocycles. The van der Waals surface area contributed by atoms with Gasteiger partial charge in [-0.05, 0) is 62.8 Å². The molecule has 0 aliphatic rings. The number of hydrogen-bond acceptors (Lipinski definition) is 5. The van der Waals surface area contributed by atoms with E-state index in [0.29, 0.717) is 29.1 Å². The number of benzene rings is 1. The maximum atomic E-state index is 14.0. The van der Waals surface area contributed by atoms with Crippen molar-refractivity contribution in [3.63, 3.8) is 0 Å². The highest BCUT2D eigenvalue weighted by molar-refractivity contribution is 6.00. The van der Waals surface area contributed by atoms with Gasteiger partial charge in [0.25, 0.3) is 5.91 Å². The number of allylic oxidation sites excluding steroid dienone is 6. The lowest BCUT2D eigenvalue weighted by Gasteiger charge is -2.27. The molecule has 0 radical (unpaired) electrons. The molecule has 2 aromatic rings. The third-order valence-electron chi connectivity index (χ3n) is 5.07. The molecule has 0 aliphatic heterocycles. The summed E-state index contributed by atoms with van der Waals surface area (Å²) in [5, 5.41) is 0.